The Kier molecular flexibility index (Phi) is 4.08. The van der Waals surface area contributed by atoms with E-state index in [0.29, 0.717) is 25.3 Å². The Labute approximate surface area is 121 Å². The highest BCUT2D eigenvalue weighted by molar-refractivity contribution is 4.96. The maximum Gasteiger partial charge on any atom is 0.170 e. The fourth-order valence-electron chi connectivity index (χ4n) is 3.96. The topological polar surface area (TPSA) is 45.2 Å². The van der Waals surface area contributed by atoms with Gasteiger partial charge in [0.05, 0.1) is 19.3 Å². The van der Waals surface area contributed by atoms with Gasteiger partial charge in [-0.15, -0.1) is 0 Å². The second-order valence-electron chi connectivity index (χ2n) is 6.80. The minimum absolute atomic E-state index is 0.167. The van der Waals surface area contributed by atoms with Crippen molar-refractivity contribution < 1.29 is 14.6 Å². The smallest absolute Gasteiger partial charge is 0.170 e. The minimum Gasteiger partial charge on any atom is -0.391 e. The van der Waals surface area contributed by atoms with Crippen molar-refractivity contribution in [1.29, 1.82) is 0 Å². The molecule has 1 spiro atoms. The van der Waals surface area contributed by atoms with E-state index in [1.54, 1.807) is 0 Å². The Hall–Kier alpha value is -0.200. The predicted molar refractivity (Wildman–Crippen MR) is 76.5 cm³/mol. The molecule has 0 radical (unpaired) electrons. The molecule has 0 aromatic carbocycles. The van der Waals surface area contributed by atoms with Gasteiger partial charge in [-0.2, -0.15) is 0 Å². The summed E-state index contributed by atoms with van der Waals surface area (Å²) in [4.78, 5) is 4.87. The van der Waals surface area contributed by atoms with Gasteiger partial charge in [-0.05, 0) is 27.3 Å². The van der Waals surface area contributed by atoms with Gasteiger partial charge in [0.25, 0.3) is 0 Å². The number of likely N-dealkylation sites (N-methyl/N-ethyl adjacent to an activating group) is 1. The maximum atomic E-state index is 10.4. The molecule has 2 heterocycles. The first kappa shape index (κ1) is 14.7. The summed E-state index contributed by atoms with van der Waals surface area (Å²) in [5.74, 6) is -0.417. The summed E-state index contributed by atoms with van der Waals surface area (Å²) >= 11 is 0. The van der Waals surface area contributed by atoms with Gasteiger partial charge in [-0.1, -0.05) is 0 Å². The van der Waals surface area contributed by atoms with E-state index in [1.807, 2.05) is 0 Å². The molecule has 4 atom stereocenters. The van der Waals surface area contributed by atoms with E-state index in [2.05, 4.69) is 30.7 Å². The summed E-state index contributed by atoms with van der Waals surface area (Å²) in [6.07, 6.45) is 2.15. The number of hydrogen-bond acceptors (Lipinski definition) is 5. The Balaban J connectivity index is 1.71. The molecular formula is C15H28N2O3. The second kappa shape index (κ2) is 5.54. The highest BCUT2D eigenvalue weighted by Crippen LogP contribution is 2.38. The van der Waals surface area contributed by atoms with Gasteiger partial charge in [0, 0.05) is 44.1 Å². The van der Waals surface area contributed by atoms with Crippen LogP contribution in [0.3, 0.4) is 0 Å². The molecule has 2 aliphatic heterocycles. The SMILES string of the molecule is CC1CN(C2CC3(CCC2O)OCCO3)CC(C)N1C. The minimum atomic E-state index is -0.417. The molecule has 0 bridgehead atoms. The standard InChI is InChI=1S/C15H28N2O3/c1-11-9-17(10-12(2)16(11)3)13-8-15(5-4-14(13)18)19-6-7-20-15/h11-14,18H,4-10H2,1-3H3. The summed E-state index contributed by atoms with van der Waals surface area (Å²) < 4.78 is 11.7. The van der Waals surface area contributed by atoms with Crippen molar-refractivity contribution in [1.82, 2.24) is 9.80 Å². The molecule has 0 aromatic heterocycles. The van der Waals surface area contributed by atoms with E-state index in [4.69, 9.17) is 9.47 Å². The summed E-state index contributed by atoms with van der Waals surface area (Å²) in [6.45, 7) is 7.93. The molecule has 3 aliphatic rings. The molecule has 20 heavy (non-hydrogen) atoms. The lowest BCUT2D eigenvalue weighted by molar-refractivity contribution is -0.208. The number of nitrogens with zero attached hydrogens (tertiary/aromatic N) is 2. The zero-order valence-corrected chi connectivity index (χ0v) is 12.9. The van der Waals surface area contributed by atoms with Crippen LogP contribution in [0.4, 0.5) is 0 Å². The molecule has 3 rings (SSSR count). The molecule has 1 aliphatic carbocycles. The Bertz CT molecular complexity index is 334. The largest absolute Gasteiger partial charge is 0.391 e. The van der Waals surface area contributed by atoms with Crippen LogP contribution < -0.4 is 0 Å². The van der Waals surface area contributed by atoms with E-state index >= 15 is 0 Å². The lowest BCUT2D eigenvalue weighted by Crippen LogP contribution is -2.62. The fourth-order valence-corrected chi connectivity index (χ4v) is 3.96. The van der Waals surface area contributed by atoms with E-state index in [0.717, 1.165) is 32.4 Å². The number of hydrogen-bond donors (Lipinski definition) is 1. The van der Waals surface area contributed by atoms with Crippen LogP contribution in [0.1, 0.15) is 33.1 Å². The number of aliphatic hydroxyl groups excluding tert-OH is 1. The van der Waals surface area contributed by atoms with Crippen LogP contribution in [0.2, 0.25) is 0 Å². The Morgan fingerprint density at radius 2 is 1.70 bits per heavy atom. The van der Waals surface area contributed by atoms with Crippen molar-refractivity contribution in [2.24, 2.45) is 0 Å². The normalized spacial score (nSPS) is 43.2. The van der Waals surface area contributed by atoms with Gasteiger partial charge < -0.3 is 14.6 Å². The van der Waals surface area contributed by atoms with Gasteiger partial charge in [-0.3, -0.25) is 9.80 Å². The van der Waals surface area contributed by atoms with Crippen LogP contribution in [-0.2, 0) is 9.47 Å². The Morgan fingerprint density at radius 3 is 2.30 bits per heavy atom. The third-order valence-electron chi connectivity index (χ3n) is 5.46. The first-order valence-corrected chi connectivity index (χ1v) is 7.93. The van der Waals surface area contributed by atoms with E-state index in [-0.39, 0.29) is 12.1 Å². The first-order chi connectivity index (χ1) is 9.51. The molecule has 5 nitrogen and oxygen atoms in total. The van der Waals surface area contributed by atoms with Gasteiger partial charge in [0.15, 0.2) is 5.79 Å². The number of ether oxygens (including phenoxy) is 2. The van der Waals surface area contributed by atoms with Gasteiger partial charge in [-0.25, -0.2) is 0 Å². The molecule has 0 aromatic rings. The van der Waals surface area contributed by atoms with E-state index in [9.17, 15) is 5.11 Å². The quantitative estimate of drug-likeness (QED) is 0.767. The van der Waals surface area contributed by atoms with Crippen LogP contribution in [0.15, 0.2) is 0 Å². The van der Waals surface area contributed by atoms with Crippen molar-refractivity contribution in [3.8, 4) is 0 Å². The van der Waals surface area contributed by atoms with Crippen LogP contribution in [0.5, 0.6) is 0 Å². The molecular weight excluding hydrogens is 256 g/mol. The van der Waals surface area contributed by atoms with Crippen LogP contribution >= 0.6 is 0 Å². The third-order valence-corrected chi connectivity index (χ3v) is 5.46. The van der Waals surface area contributed by atoms with Crippen LogP contribution in [-0.4, -0.2) is 78.3 Å². The maximum absolute atomic E-state index is 10.4. The highest BCUT2D eigenvalue weighted by Gasteiger charge is 2.47. The molecule has 1 saturated carbocycles. The van der Waals surface area contributed by atoms with Crippen molar-refractivity contribution >= 4 is 0 Å². The van der Waals surface area contributed by atoms with Crippen molar-refractivity contribution in [3.63, 3.8) is 0 Å². The molecule has 5 heteroatoms. The van der Waals surface area contributed by atoms with Crippen LogP contribution in [0.25, 0.3) is 0 Å². The molecule has 0 amide bonds. The lowest BCUT2D eigenvalue weighted by Gasteiger charge is -2.50. The fraction of sp³-hybridized carbons (Fsp3) is 1.00. The van der Waals surface area contributed by atoms with Crippen molar-refractivity contribution in [2.75, 3.05) is 33.4 Å². The third kappa shape index (κ3) is 2.62. The number of rotatable bonds is 1. The Morgan fingerprint density at radius 1 is 1.10 bits per heavy atom. The van der Waals surface area contributed by atoms with Gasteiger partial charge in [0.2, 0.25) is 0 Å². The van der Waals surface area contributed by atoms with Crippen LogP contribution in [0, 0.1) is 0 Å². The number of aliphatic hydroxyl groups is 1. The van der Waals surface area contributed by atoms with E-state index in [1.165, 1.54) is 0 Å². The summed E-state index contributed by atoms with van der Waals surface area (Å²) in [5.41, 5.74) is 0. The second-order valence-corrected chi connectivity index (χ2v) is 6.80. The highest BCUT2D eigenvalue weighted by atomic mass is 16.7. The molecule has 2 saturated heterocycles. The summed E-state index contributed by atoms with van der Waals surface area (Å²) in [6, 6.07) is 1.21. The molecule has 4 unspecified atom stereocenters. The number of piperazine rings is 1. The van der Waals surface area contributed by atoms with Gasteiger partial charge in [0.1, 0.15) is 0 Å². The van der Waals surface area contributed by atoms with Gasteiger partial charge >= 0.3 is 0 Å². The van der Waals surface area contributed by atoms with E-state index < -0.39 is 5.79 Å². The molecule has 3 fully saturated rings. The monoisotopic (exact) mass is 284 g/mol. The average Bonchev–Trinajstić information content (AvgIpc) is 2.87. The molecule has 116 valence electrons. The van der Waals surface area contributed by atoms with Crippen molar-refractivity contribution in [2.45, 2.75) is 63.1 Å². The lowest BCUT2D eigenvalue weighted by atomic mass is 9.85. The zero-order valence-electron chi connectivity index (χ0n) is 12.9. The van der Waals surface area contributed by atoms with Crippen molar-refractivity contribution in [3.05, 3.63) is 0 Å². The predicted octanol–water partition coefficient (Wildman–Crippen LogP) is 0.667. The summed E-state index contributed by atoms with van der Waals surface area (Å²) in [5, 5.41) is 10.4. The average molecular weight is 284 g/mol. The summed E-state index contributed by atoms with van der Waals surface area (Å²) in [7, 11) is 2.19. The molecule has 1 N–H and O–H groups in total. The zero-order chi connectivity index (χ0) is 14.3. The first-order valence-electron chi connectivity index (χ1n) is 7.93.